The van der Waals surface area contributed by atoms with Gasteiger partial charge < -0.3 is 0 Å². The van der Waals surface area contributed by atoms with Gasteiger partial charge >= 0.3 is 0 Å². The number of hydrogen-bond donors (Lipinski definition) is 0. The van der Waals surface area contributed by atoms with Crippen LogP contribution in [0.3, 0.4) is 0 Å². The van der Waals surface area contributed by atoms with Crippen molar-refractivity contribution in [3.63, 3.8) is 0 Å². The van der Waals surface area contributed by atoms with E-state index in [1.807, 2.05) is 67.6 Å². The monoisotopic (exact) mass is 440 g/mol. The van der Waals surface area contributed by atoms with Crippen LogP contribution < -0.4 is 0 Å². The lowest BCUT2D eigenvalue weighted by Gasteiger charge is -2.18. The summed E-state index contributed by atoms with van der Waals surface area (Å²) in [6, 6.07) is 27.2. The van der Waals surface area contributed by atoms with E-state index < -0.39 is 10.0 Å². The quantitative estimate of drug-likeness (QED) is 0.558. The fourth-order valence-electron chi connectivity index (χ4n) is 4.16. The Morgan fingerprint density at radius 2 is 1.41 bits per heavy atom. The number of nitrogens with zero attached hydrogens (tertiary/aromatic N) is 2. The molecule has 0 aliphatic carbocycles. The summed E-state index contributed by atoms with van der Waals surface area (Å²) in [5, 5.41) is 0. The Morgan fingerprint density at radius 1 is 0.781 bits per heavy atom. The third kappa shape index (κ3) is 3.97. The van der Waals surface area contributed by atoms with Crippen LogP contribution in [0.25, 0.3) is 5.70 Å². The maximum absolute atomic E-state index is 13.3. The first kappa shape index (κ1) is 20.6. The van der Waals surface area contributed by atoms with Gasteiger partial charge in [0.1, 0.15) is 0 Å². The zero-order valence-electron chi connectivity index (χ0n) is 17.9. The van der Waals surface area contributed by atoms with Gasteiger partial charge in [0.25, 0.3) is 0 Å². The zero-order chi connectivity index (χ0) is 22.1. The van der Waals surface area contributed by atoms with Gasteiger partial charge in [-0.15, -0.1) is 0 Å². The number of benzene rings is 3. The maximum Gasteiger partial charge on any atom is 0.243 e. The van der Waals surface area contributed by atoms with E-state index in [2.05, 4.69) is 18.2 Å². The van der Waals surface area contributed by atoms with Gasteiger partial charge in [-0.3, -0.25) is 4.99 Å². The summed E-state index contributed by atoms with van der Waals surface area (Å²) < 4.78 is 28.2. The van der Waals surface area contributed by atoms with Crippen molar-refractivity contribution in [3.8, 4) is 0 Å². The van der Waals surface area contributed by atoms with E-state index in [4.69, 9.17) is 4.99 Å². The molecule has 0 saturated carbocycles. The van der Waals surface area contributed by atoms with Crippen molar-refractivity contribution in [2.24, 2.45) is 4.99 Å². The summed E-state index contributed by atoms with van der Waals surface area (Å²) >= 11 is 0. The number of hydrogen-bond acceptors (Lipinski definition) is 3. The summed E-state index contributed by atoms with van der Waals surface area (Å²) in [5.41, 5.74) is 7.09. The molecule has 3 aromatic carbocycles. The van der Waals surface area contributed by atoms with Crippen LogP contribution in [0.4, 0.5) is 0 Å². The van der Waals surface area contributed by atoms with Crippen molar-refractivity contribution < 1.29 is 8.42 Å². The zero-order valence-corrected chi connectivity index (χ0v) is 18.7. The molecule has 0 fully saturated rings. The Bertz CT molecular complexity index is 1340. The summed E-state index contributed by atoms with van der Waals surface area (Å²) in [6.45, 7) is 2.70. The topological polar surface area (TPSA) is 49.7 Å². The molecule has 160 valence electrons. The van der Waals surface area contributed by atoms with Gasteiger partial charge in [0, 0.05) is 25.1 Å². The SMILES string of the molecule is Cc1ccc(S(=O)(=O)N2CC3=C(CC(c4ccccc4)=NC(c4ccccc4)=C3)C2)cc1. The van der Waals surface area contributed by atoms with E-state index in [-0.39, 0.29) is 0 Å². The fourth-order valence-corrected chi connectivity index (χ4v) is 5.57. The molecule has 0 saturated heterocycles. The smallest absolute Gasteiger partial charge is 0.243 e. The summed E-state index contributed by atoms with van der Waals surface area (Å²) in [6.07, 6.45) is 2.69. The molecule has 4 nitrogen and oxygen atoms in total. The van der Waals surface area contributed by atoms with E-state index in [1.165, 1.54) is 0 Å². The number of sulfonamides is 1. The van der Waals surface area contributed by atoms with Gasteiger partial charge in [0.05, 0.1) is 16.3 Å². The molecule has 2 aliphatic rings. The van der Waals surface area contributed by atoms with Crippen LogP contribution in [0, 0.1) is 6.92 Å². The van der Waals surface area contributed by atoms with Crippen molar-refractivity contribution in [2.75, 3.05) is 13.1 Å². The van der Waals surface area contributed by atoms with Crippen LogP contribution in [0.2, 0.25) is 0 Å². The molecule has 0 bridgehead atoms. The molecule has 0 spiro atoms. The van der Waals surface area contributed by atoms with Gasteiger partial charge in [0.2, 0.25) is 10.0 Å². The van der Waals surface area contributed by atoms with Crippen LogP contribution in [-0.2, 0) is 10.0 Å². The standard InChI is InChI=1S/C27H24N2O2S/c1-20-12-14-25(15-13-20)32(30,31)29-18-23-16-26(21-8-4-2-5-9-21)28-27(17-24(23)19-29)22-10-6-3-7-11-22/h2-16H,17-19H2,1H3. The Labute approximate surface area is 189 Å². The van der Waals surface area contributed by atoms with Crippen LogP contribution in [0.1, 0.15) is 23.1 Å². The molecule has 5 rings (SSSR count). The van der Waals surface area contributed by atoms with Crippen LogP contribution in [0.5, 0.6) is 0 Å². The average molecular weight is 441 g/mol. The highest BCUT2D eigenvalue weighted by Gasteiger charge is 2.33. The van der Waals surface area contributed by atoms with Crippen LogP contribution in [0.15, 0.2) is 112 Å². The first-order chi connectivity index (χ1) is 15.5. The molecule has 2 aliphatic heterocycles. The molecule has 2 heterocycles. The van der Waals surface area contributed by atoms with E-state index in [9.17, 15) is 8.42 Å². The van der Waals surface area contributed by atoms with Crippen molar-refractivity contribution >= 4 is 21.4 Å². The van der Waals surface area contributed by atoms with E-state index in [1.54, 1.807) is 16.4 Å². The second-order valence-electron chi connectivity index (χ2n) is 8.21. The summed E-state index contributed by atoms with van der Waals surface area (Å²) in [5.74, 6) is 0. The highest BCUT2D eigenvalue weighted by atomic mass is 32.2. The predicted octanol–water partition coefficient (Wildman–Crippen LogP) is 5.23. The Balaban J connectivity index is 1.53. The predicted molar refractivity (Wildman–Crippen MR) is 129 cm³/mol. The Hall–Kier alpha value is -3.28. The molecule has 0 radical (unpaired) electrons. The van der Waals surface area contributed by atoms with Gasteiger partial charge in [-0.2, -0.15) is 4.31 Å². The Kier molecular flexibility index (Phi) is 5.37. The number of aliphatic imine (C=N–C) groups is 1. The lowest BCUT2D eigenvalue weighted by Crippen LogP contribution is -2.30. The summed E-state index contributed by atoms with van der Waals surface area (Å²) in [7, 11) is -3.57. The minimum atomic E-state index is -3.57. The molecule has 0 atom stereocenters. The largest absolute Gasteiger partial charge is 0.252 e. The molecule has 0 aromatic heterocycles. The maximum atomic E-state index is 13.3. The molecular formula is C27H24N2O2S. The summed E-state index contributed by atoms with van der Waals surface area (Å²) in [4.78, 5) is 5.36. The van der Waals surface area contributed by atoms with Gasteiger partial charge in [-0.1, -0.05) is 78.4 Å². The molecule has 0 amide bonds. The fraction of sp³-hybridized carbons (Fsp3) is 0.148. The van der Waals surface area contributed by atoms with E-state index in [0.29, 0.717) is 24.4 Å². The molecule has 0 N–H and O–H groups in total. The third-order valence-electron chi connectivity index (χ3n) is 5.95. The number of aryl methyl sites for hydroxylation is 1. The van der Waals surface area contributed by atoms with E-state index in [0.717, 1.165) is 39.2 Å². The second kappa shape index (κ2) is 8.34. The molecule has 32 heavy (non-hydrogen) atoms. The first-order valence-electron chi connectivity index (χ1n) is 10.7. The first-order valence-corrected chi connectivity index (χ1v) is 12.1. The van der Waals surface area contributed by atoms with Crippen molar-refractivity contribution in [1.82, 2.24) is 4.31 Å². The van der Waals surface area contributed by atoms with Crippen LogP contribution >= 0.6 is 0 Å². The lowest BCUT2D eigenvalue weighted by atomic mass is 10.0. The molecule has 0 unspecified atom stereocenters. The van der Waals surface area contributed by atoms with Gasteiger partial charge in [-0.05, 0) is 41.8 Å². The van der Waals surface area contributed by atoms with Gasteiger partial charge in [0.15, 0.2) is 0 Å². The van der Waals surface area contributed by atoms with Crippen molar-refractivity contribution in [1.29, 1.82) is 0 Å². The average Bonchev–Trinajstić information content (AvgIpc) is 3.14. The van der Waals surface area contributed by atoms with Gasteiger partial charge in [-0.25, -0.2) is 8.42 Å². The van der Waals surface area contributed by atoms with Crippen molar-refractivity contribution in [2.45, 2.75) is 18.2 Å². The number of rotatable bonds is 4. The van der Waals surface area contributed by atoms with Crippen molar-refractivity contribution in [3.05, 3.63) is 119 Å². The lowest BCUT2D eigenvalue weighted by molar-refractivity contribution is 0.481. The van der Waals surface area contributed by atoms with E-state index >= 15 is 0 Å². The highest BCUT2D eigenvalue weighted by Crippen LogP contribution is 2.33. The normalized spacial score (nSPS) is 16.9. The minimum Gasteiger partial charge on any atom is -0.252 e. The minimum absolute atomic E-state index is 0.338. The second-order valence-corrected chi connectivity index (χ2v) is 10.1. The Morgan fingerprint density at radius 3 is 2.06 bits per heavy atom. The molecular weight excluding hydrogens is 416 g/mol. The third-order valence-corrected chi connectivity index (χ3v) is 7.76. The molecule has 5 heteroatoms. The highest BCUT2D eigenvalue weighted by molar-refractivity contribution is 7.89. The molecule has 3 aromatic rings. The van der Waals surface area contributed by atoms with Crippen LogP contribution in [-0.4, -0.2) is 31.5 Å².